The average molecular weight is 395 g/mol. The highest BCUT2D eigenvalue weighted by atomic mass is 19.1. The van der Waals surface area contributed by atoms with Gasteiger partial charge in [-0.15, -0.1) is 0 Å². The van der Waals surface area contributed by atoms with Crippen molar-refractivity contribution < 1.29 is 9.50 Å². The summed E-state index contributed by atoms with van der Waals surface area (Å²) >= 11 is 0. The Balaban J connectivity index is 2.26. The van der Waals surface area contributed by atoms with Gasteiger partial charge in [0.15, 0.2) is 5.82 Å². The lowest BCUT2D eigenvalue weighted by Crippen LogP contribution is -2.43. The van der Waals surface area contributed by atoms with Gasteiger partial charge in [-0.1, -0.05) is 32.8 Å². The van der Waals surface area contributed by atoms with E-state index < -0.39 is 5.83 Å². The molecule has 4 N–H and O–H groups in total. The molecule has 8 heteroatoms. The minimum Gasteiger partial charge on any atom is -0.396 e. The summed E-state index contributed by atoms with van der Waals surface area (Å²) in [6.45, 7) is 5.94. The van der Waals surface area contributed by atoms with Crippen molar-refractivity contribution in [2.75, 3.05) is 42.4 Å². The second-order valence-electron chi connectivity index (χ2n) is 7.31. The minimum absolute atomic E-state index is 0.0647. The fourth-order valence-electron chi connectivity index (χ4n) is 3.69. The van der Waals surface area contributed by atoms with Crippen LogP contribution in [0.2, 0.25) is 0 Å². The summed E-state index contributed by atoms with van der Waals surface area (Å²) in [7, 11) is 1.83. The highest BCUT2D eigenvalue weighted by Crippen LogP contribution is 2.28. The standard InChI is InChI=1S/C20H35FN6O/c1-4-17(10-11-28)27(14-23-12-15(2)21)19-18(22-3)13-24-20(26-19)25-16-8-6-5-7-9-16/h13,16-17,22-23,28H,2,4-12,14H2,1,3H3,(H,24,25,26). The van der Waals surface area contributed by atoms with Gasteiger partial charge in [-0.2, -0.15) is 4.98 Å². The van der Waals surface area contributed by atoms with Crippen molar-refractivity contribution in [2.24, 2.45) is 0 Å². The zero-order valence-electron chi connectivity index (χ0n) is 17.2. The maximum absolute atomic E-state index is 13.1. The second-order valence-corrected chi connectivity index (χ2v) is 7.31. The number of hydrogen-bond donors (Lipinski definition) is 4. The Hall–Kier alpha value is -1.93. The summed E-state index contributed by atoms with van der Waals surface area (Å²) in [6, 6.07) is 0.470. The Bertz CT molecular complexity index is 608. The number of aliphatic hydroxyl groups excluding tert-OH is 1. The Morgan fingerprint density at radius 1 is 1.39 bits per heavy atom. The lowest BCUT2D eigenvalue weighted by Gasteiger charge is -2.33. The maximum atomic E-state index is 13.1. The van der Waals surface area contributed by atoms with E-state index in [2.05, 4.69) is 39.3 Å². The molecule has 1 fully saturated rings. The van der Waals surface area contributed by atoms with E-state index in [4.69, 9.17) is 4.98 Å². The van der Waals surface area contributed by atoms with Crippen molar-refractivity contribution in [3.63, 3.8) is 0 Å². The van der Waals surface area contributed by atoms with Crippen LogP contribution in [-0.4, -0.2) is 54.0 Å². The Kier molecular flexibility index (Phi) is 9.43. The monoisotopic (exact) mass is 394 g/mol. The van der Waals surface area contributed by atoms with Gasteiger partial charge < -0.3 is 20.6 Å². The number of nitrogens with zero attached hydrogens (tertiary/aromatic N) is 3. The topological polar surface area (TPSA) is 85.3 Å². The lowest BCUT2D eigenvalue weighted by atomic mass is 9.96. The second kappa shape index (κ2) is 11.8. The average Bonchev–Trinajstić information content (AvgIpc) is 2.70. The summed E-state index contributed by atoms with van der Waals surface area (Å²) in [5.41, 5.74) is 0.798. The highest BCUT2D eigenvalue weighted by Gasteiger charge is 2.23. The third-order valence-corrected chi connectivity index (χ3v) is 5.22. The van der Waals surface area contributed by atoms with Crippen LogP contribution in [0.25, 0.3) is 0 Å². The van der Waals surface area contributed by atoms with E-state index in [0.717, 1.165) is 30.8 Å². The molecule has 1 aliphatic rings. The molecule has 7 nitrogen and oxygen atoms in total. The molecular weight excluding hydrogens is 359 g/mol. The first kappa shape index (κ1) is 22.4. The number of nitrogens with one attached hydrogen (secondary N) is 3. The van der Waals surface area contributed by atoms with E-state index in [1.54, 1.807) is 6.20 Å². The predicted molar refractivity (Wildman–Crippen MR) is 113 cm³/mol. The summed E-state index contributed by atoms with van der Waals surface area (Å²) in [4.78, 5) is 11.3. The summed E-state index contributed by atoms with van der Waals surface area (Å²) in [5, 5.41) is 19.2. The molecule has 1 heterocycles. The zero-order valence-corrected chi connectivity index (χ0v) is 17.2. The molecule has 1 saturated carbocycles. The molecule has 1 aromatic rings. The zero-order chi connectivity index (χ0) is 20.4. The third-order valence-electron chi connectivity index (χ3n) is 5.22. The van der Waals surface area contributed by atoms with Crippen LogP contribution >= 0.6 is 0 Å². The third kappa shape index (κ3) is 6.60. The largest absolute Gasteiger partial charge is 0.396 e. The lowest BCUT2D eigenvalue weighted by molar-refractivity contribution is 0.270. The van der Waals surface area contributed by atoms with E-state index in [9.17, 15) is 9.50 Å². The summed E-state index contributed by atoms with van der Waals surface area (Å²) < 4.78 is 13.1. The summed E-state index contributed by atoms with van der Waals surface area (Å²) in [6.07, 6.45) is 9.25. The molecule has 0 radical (unpaired) electrons. The van der Waals surface area contributed by atoms with Crippen LogP contribution in [0.5, 0.6) is 0 Å². The van der Waals surface area contributed by atoms with Gasteiger partial charge >= 0.3 is 0 Å². The Labute approximate surface area is 167 Å². The smallest absolute Gasteiger partial charge is 0.224 e. The fraction of sp³-hybridized carbons (Fsp3) is 0.700. The van der Waals surface area contributed by atoms with Gasteiger partial charge in [-0.25, -0.2) is 9.37 Å². The van der Waals surface area contributed by atoms with Crippen molar-refractivity contribution in [2.45, 2.75) is 64.0 Å². The highest BCUT2D eigenvalue weighted by molar-refractivity contribution is 5.66. The molecule has 0 aromatic carbocycles. The Morgan fingerprint density at radius 2 is 2.14 bits per heavy atom. The molecule has 0 spiro atoms. The fourth-order valence-corrected chi connectivity index (χ4v) is 3.69. The maximum Gasteiger partial charge on any atom is 0.224 e. The molecule has 2 rings (SSSR count). The summed E-state index contributed by atoms with van der Waals surface area (Å²) in [5.74, 6) is 0.944. The number of anilines is 3. The number of hydrogen-bond acceptors (Lipinski definition) is 7. The molecule has 158 valence electrons. The SMILES string of the molecule is C=C(F)CNCN(c1nc(NC2CCCCC2)ncc1NC)C(CC)CCO. The quantitative estimate of drug-likeness (QED) is 0.405. The van der Waals surface area contributed by atoms with E-state index in [1.807, 2.05) is 7.05 Å². The van der Waals surface area contributed by atoms with E-state index in [1.165, 1.54) is 19.3 Å². The molecule has 1 unspecified atom stereocenters. The number of rotatable bonds is 12. The van der Waals surface area contributed by atoms with Crippen LogP contribution in [0, 0.1) is 0 Å². The molecule has 0 saturated heterocycles. The number of aromatic nitrogens is 2. The number of halogens is 1. The van der Waals surface area contributed by atoms with Gasteiger partial charge in [0.25, 0.3) is 0 Å². The van der Waals surface area contributed by atoms with Gasteiger partial charge in [0.2, 0.25) is 5.95 Å². The van der Waals surface area contributed by atoms with Gasteiger partial charge in [0.05, 0.1) is 18.6 Å². The molecule has 0 amide bonds. The molecule has 1 aromatic heterocycles. The molecule has 0 aliphatic heterocycles. The van der Waals surface area contributed by atoms with Gasteiger partial charge in [-0.05, 0) is 25.7 Å². The van der Waals surface area contributed by atoms with Gasteiger partial charge in [0.1, 0.15) is 5.83 Å². The van der Waals surface area contributed by atoms with Crippen LogP contribution in [0.15, 0.2) is 18.6 Å². The Morgan fingerprint density at radius 3 is 2.75 bits per heavy atom. The van der Waals surface area contributed by atoms with Gasteiger partial charge in [0, 0.05) is 32.3 Å². The predicted octanol–water partition coefficient (Wildman–Crippen LogP) is 3.26. The van der Waals surface area contributed by atoms with Crippen LogP contribution in [-0.2, 0) is 0 Å². The van der Waals surface area contributed by atoms with E-state index in [-0.39, 0.29) is 19.2 Å². The molecular formula is C20H35FN6O. The normalized spacial score (nSPS) is 15.9. The van der Waals surface area contributed by atoms with Crippen LogP contribution in [0.4, 0.5) is 21.8 Å². The van der Waals surface area contributed by atoms with Gasteiger partial charge in [-0.3, -0.25) is 5.32 Å². The minimum atomic E-state index is -0.411. The van der Waals surface area contributed by atoms with Crippen molar-refractivity contribution in [1.29, 1.82) is 0 Å². The molecule has 1 aliphatic carbocycles. The van der Waals surface area contributed by atoms with Crippen molar-refractivity contribution in [3.8, 4) is 0 Å². The van der Waals surface area contributed by atoms with E-state index >= 15 is 0 Å². The van der Waals surface area contributed by atoms with Crippen molar-refractivity contribution in [3.05, 3.63) is 18.6 Å². The van der Waals surface area contributed by atoms with E-state index in [0.29, 0.717) is 25.1 Å². The van der Waals surface area contributed by atoms with Crippen LogP contribution < -0.4 is 20.9 Å². The van der Waals surface area contributed by atoms with Crippen molar-refractivity contribution >= 4 is 17.5 Å². The van der Waals surface area contributed by atoms with Crippen LogP contribution in [0.1, 0.15) is 51.9 Å². The molecule has 28 heavy (non-hydrogen) atoms. The first-order chi connectivity index (χ1) is 13.6. The molecule has 0 bridgehead atoms. The number of aliphatic hydroxyl groups is 1. The molecule has 1 atom stereocenters. The first-order valence-corrected chi connectivity index (χ1v) is 10.3. The van der Waals surface area contributed by atoms with Crippen LogP contribution in [0.3, 0.4) is 0 Å². The first-order valence-electron chi connectivity index (χ1n) is 10.3. The van der Waals surface area contributed by atoms with Crippen molar-refractivity contribution in [1.82, 2.24) is 15.3 Å².